The average molecular weight is 320 g/mol. The van der Waals surface area contributed by atoms with Crippen molar-refractivity contribution in [3.05, 3.63) is 22.2 Å². The first-order valence-electron chi connectivity index (χ1n) is 7.91. The molecule has 3 rings (SSSR count). The van der Waals surface area contributed by atoms with E-state index in [1.54, 1.807) is 0 Å². The van der Waals surface area contributed by atoms with Crippen molar-refractivity contribution in [2.45, 2.75) is 53.1 Å². The molecule has 0 saturated heterocycles. The van der Waals surface area contributed by atoms with Crippen molar-refractivity contribution >= 4 is 18.1 Å². The summed E-state index contributed by atoms with van der Waals surface area (Å²) in [5.41, 5.74) is 1.31. The van der Waals surface area contributed by atoms with Crippen molar-refractivity contribution in [3.63, 3.8) is 0 Å². The molecule has 0 radical (unpaired) electrons. The predicted molar refractivity (Wildman–Crippen MR) is 87.7 cm³/mol. The van der Waals surface area contributed by atoms with E-state index < -0.39 is 0 Å². The van der Waals surface area contributed by atoms with Crippen LogP contribution in [-0.4, -0.2) is 20.7 Å². The molecule has 2 aliphatic carbocycles. The molecule has 1 heterocycles. The van der Waals surface area contributed by atoms with Gasteiger partial charge in [0.2, 0.25) is 5.91 Å². The lowest BCUT2D eigenvalue weighted by atomic mass is 10.1. The van der Waals surface area contributed by atoms with Gasteiger partial charge in [0.15, 0.2) is 10.6 Å². The molecule has 5 nitrogen and oxygen atoms in total. The summed E-state index contributed by atoms with van der Waals surface area (Å²) < 4.78 is 2.70. The Labute approximate surface area is 136 Å². The molecule has 2 saturated carbocycles. The van der Waals surface area contributed by atoms with Gasteiger partial charge in [0.25, 0.3) is 0 Å². The molecular weight excluding hydrogens is 296 g/mol. The van der Waals surface area contributed by atoms with Crippen LogP contribution < -0.4 is 5.32 Å². The lowest BCUT2D eigenvalue weighted by Crippen LogP contribution is -2.27. The van der Waals surface area contributed by atoms with E-state index in [-0.39, 0.29) is 17.2 Å². The maximum Gasteiger partial charge on any atom is 0.224 e. The van der Waals surface area contributed by atoms with Gasteiger partial charge < -0.3 is 5.32 Å². The van der Waals surface area contributed by atoms with E-state index in [0.717, 1.165) is 18.7 Å². The van der Waals surface area contributed by atoms with E-state index in [0.29, 0.717) is 23.3 Å². The Balaban J connectivity index is 1.64. The molecule has 1 amide bonds. The zero-order valence-electron chi connectivity index (χ0n) is 13.6. The number of hydrogen-bond donors (Lipinski definition) is 2. The predicted octanol–water partition coefficient (Wildman–Crippen LogP) is 3.13. The van der Waals surface area contributed by atoms with E-state index in [1.807, 2.05) is 4.57 Å². The Kier molecular flexibility index (Phi) is 3.75. The van der Waals surface area contributed by atoms with E-state index >= 15 is 0 Å². The van der Waals surface area contributed by atoms with Gasteiger partial charge in [-0.05, 0) is 50.2 Å². The molecule has 22 heavy (non-hydrogen) atoms. The molecule has 1 aromatic heterocycles. The molecule has 2 fully saturated rings. The molecule has 2 N–H and O–H groups in total. The second-order valence-electron chi connectivity index (χ2n) is 7.33. The first kappa shape index (κ1) is 15.5. The Hall–Kier alpha value is -1.43. The zero-order valence-corrected chi connectivity index (χ0v) is 14.5. The molecule has 0 unspecified atom stereocenters. The second-order valence-corrected chi connectivity index (χ2v) is 7.72. The first-order valence-corrected chi connectivity index (χ1v) is 8.31. The van der Waals surface area contributed by atoms with Gasteiger partial charge in [-0.2, -0.15) is 5.10 Å². The largest absolute Gasteiger partial charge is 0.349 e. The summed E-state index contributed by atoms with van der Waals surface area (Å²) in [4.78, 5) is 12.5. The highest BCUT2D eigenvalue weighted by atomic mass is 32.1. The van der Waals surface area contributed by atoms with Crippen molar-refractivity contribution < 1.29 is 4.79 Å². The van der Waals surface area contributed by atoms with Gasteiger partial charge in [-0.25, -0.2) is 0 Å². The number of amides is 1. The maximum atomic E-state index is 12.5. The van der Waals surface area contributed by atoms with Crippen LogP contribution in [0.5, 0.6) is 0 Å². The standard InChI is InChI=1S/C16H24N4OS/c1-9(2)7-11-13(16(11,3)4)14(21)17-8-12-18-19-15(22)20(12)10-5-6-10/h7,10-11,13H,5-6,8H2,1-4H3,(H,17,21)(H,19,22)/t11-,13+/m1/s1. The summed E-state index contributed by atoms with van der Waals surface area (Å²) >= 11 is 5.26. The highest BCUT2D eigenvalue weighted by Crippen LogP contribution is 2.59. The van der Waals surface area contributed by atoms with E-state index in [4.69, 9.17) is 12.2 Å². The number of nitrogens with zero attached hydrogens (tertiary/aromatic N) is 2. The van der Waals surface area contributed by atoms with E-state index in [2.05, 4.69) is 49.3 Å². The van der Waals surface area contributed by atoms with Gasteiger partial charge in [-0.1, -0.05) is 25.5 Å². The van der Waals surface area contributed by atoms with Crippen molar-refractivity contribution in [1.29, 1.82) is 0 Å². The Bertz CT molecular complexity index is 677. The molecule has 6 heteroatoms. The number of allylic oxidation sites excluding steroid dienone is 2. The minimum atomic E-state index is 0.0442. The minimum Gasteiger partial charge on any atom is -0.349 e. The number of aromatic nitrogens is 3. The minimum absolute atomic E-state index is 0.0442. The van der Waals surface area contributed by atoms with Gasteiger partial charge >= 0.3 is 0 Å². The van der Waals surface area contributed by atoms with E-state index in [1.165, 1.54) is 5.57 Å². The van der Waals surface area contributed by atoms with E-state index in [9.17, 15) is 4.79 Å². The number of nitrogens with one attached hydrogen (secondary N) is 2. The van der Waals surface area contributed by atoms with Crippen molar-refractivity contribution in [2.75, 3.05) is 0 Å². The van der Waals surface area contributed by atoms with Crippen molar-refractivity contribution in [2.24, 2.45) is 17.3 Å². The van der Waals surface area contributed by atoms with Gasteiger partial charge in [-0.15, -0.1) is 0 Å². The summed E-state index contributed by atoms with van der Waals surface area (Å²) in [6.45, 7) is 8.91. The lowest BCUT2D eigenvalue weighted by Gasteiger charge is -2.07. The van der Waals surface area contributed by atoms with Crippen LogP contribution in [0.1, 0.15) is 52.4 Å². The molecule has 120 valence electrons. The first-order chi connectivity index (χ1) is 10.3. The van der Waals surface area contributed by atoms with Crippen LogP contribution in [0.2, 0.25) is 0 Å². The van der Waals surface area contributed by atoms with Gasteiger partial charge in [0, 0.05) is 6.04 Å². The third-order valence-electron chi connectivity index (χ3n) is 4.82. The number of carbonyl (C=O) groups is 1. The fraction of sp³-hybridized carbons (Fsp3) is 0.688. The van der Waals surface area contributed by atoms with Crippen LogP contribution >= 0.6 is 12.2 Å². The molecule has 0 bridgehead atoms. The third kappa shape index (κ3) is 2.76. The topological polar surface area (TPSA) is 62.7 Å². The Morgan fingerprint density at radius 3 is 2.77 bits per heavy atom. The summed E-state index contributed by atoms with van der Waals surface area (Å²) in [5, 5.41) is 10.1. The fourth-order valence-electron chi connectivity index (χ4n) is 3.30. The van der Waals surface area contributed by atoms with Crippen molar-refractivity contribution in [3.8, 4) is 0 Å². The maximum absolute atomic E-state index is 12.5. The molecular formula is C16H24N4OS. The Morgan fingerprint density at radius 2 is 2.18 bits per heavy atom. The number of rotatable bonds is 5. The van der Waals surface area contributed by atoms with Crippen LogP contribution in [0.4, 0.5) is 0 Å². The van der Waals surface area contributed by atoms with Crippen LogP contribution in [0.15, 0.2) is 11.6 Å². The molecule has 1 aromatic rings. The summed E-state index contributed by atoms with van der Waals surface area (Å²) in [6.07, 6.45) is 4.50. The van der Waals surface area contributed by atoms with Crippen LogP contribution in [0, 0.1) is 22.0 Å². The molecule has 0 aromatic carbocycles. The number of H-pyrrole nitrogens is 1. The second kappa shape index (κ2) is 5.33. The smallest absolute Gasteiger partial charge is 0.224 e. The summed E-state index contributed by atoms with van der Waals surface area (Å²) in [6, 6.07) is 0.467. The third-order valence-corrected chi connectivity index (χ3v) is 5.10. The molecule has 0 spiro atoms. The number of hydrogen-bond acceptors (Lipinski definition) is 3. The van der Waals surface area contributed by atoms with Gasteiger partial charge in [-0.3, -0.25) is 14.5 Å². The summed E-state index contributed by atoms with van der Waals surface area (Å²) in [5.74, 6) is 1.34. The normalized spacial score (nSPS) is 25.6. The van der Waals surface area contributed by atoms with Gasteiger partial charge in [0.05, 0.1) is 12.5 Å². The monoisotopic (exact) mass is 320 g/mol. The molecule has 2 aliphatic rings. The quantitative estimate of drug-likeness (QED) is 0.647. The highest BCUT2D eigenvalue weighted by molar-refractivity contribution is 7.71. The lowest BCUT2D eigenvalue weighted by molar-refractivity contribution is -0.123. The molecule has 2 atom stereocenters. The average Bonchev–Trinajstić information content (AvgIpc) is 3.29. The van der Waals surface area contributed by atoms with Crippen LogP contribution in [0.25, 0.3) is 0 Å². The highest BCUT2D eigenvalue weighted by Gasteiger charge is 2.60. The van der Waals surface area contributed by atoms with Crippen LogP contribution in [0.3, 0.4) is 0 Å². The Morgan fingerprint density at radius 1 is 1.50 bits per heavy atom. The number of carbonyl (C=O) groups excluding carboxylic acids is 1. The van der Waals surface area contributed by atoms with Gasteiger partial charge in [0.1, 0.15) is 0 Å². The van der Waals surface area contributed by atoms with Crippen molar-refractivity contribution in [1.82, 2.24) is 20.1 Å². The zero-order chi connectivity index (χ0) is 16.1. The SMILES string of the molecule is CC(C)=C[C@@H]1[C@@H](C(=O)NCc2n[nH]c(=S)n2C2CC2)C1(C)C. The molecule has 0 aliphatic heterocycles. The number of aromatic amines is 1. The van der Waals surface area contributed by atoms with Crippen LogP contribution in [-0.2, 0) is 11.3 Å². The summed E-state index contributed by atoms with van der Waals surface area (Å²) in [7, 11) is 0. The fourth-order valence-corrected chi connectivity index (χ4v) is 3.60.